The summed E-state index contributed by atoms with van der Waals surface area (Å²) < 4.78 is 13.9. The van der Waals surface area contributed by atoms with Crippen LogP contribution >= 0.6 is 0 Å². The van der Waals surface area contributed by atoms with Crippen molar-refractivity contribution in [2.24, 2.45) is 0 Å². The Kier molecular flexibility index (Phi) is 4.22. The van der Waals surface area contributed by atoms with Crippen molar-refractivity contribution in [2.45, 2.75) is 38.3 Å². The predicted octanol–water partition coefficient (Wildman–Crippen LogP) is 2.47. The molecular weight excluding hydrogens is 253 g/mol. The van der Waals surface area contributed by atoms with Gasteiger partial charge in [-0.1, -0.05) is 25.0 Å². The molecule has 20 heavy (non-hydrogen) atoms. The van der Waals surface area contributed by atoms with Gasteiger partial charge in [0.2, 0.25) is 0 Å². The summed E-state index contributed by atoms with van der Waals surface area (Å²) in [5.41, 5.74) is 6.61. The number of benzene rings is 1. The Morgan fingerprint density at radius 1 is 1.10 bits per heavy atom. The van der Waals surface area contributed by atoms with Gasteiger partial charge in [-0.3, -0.25) is 9.80 Å². The lowest BCUT2D eigenvalue weighted by atomic mass is 10.1. The second-order valence-electron chi connectivity index (χ2n) is 6.07. The molecule has 0 spiro atoms. The first-order chi connectivity index (χ1) is 9.74. The van der Waals surface area contributed by atoms with Crippen LogP contribution in [0.5, 0.6) is 0 Å². The number of anilines is 1. The molecule has 3 rings (SSSR count). The van der Waals surface area contributed by atoms with Gasteiger partial charge in [-0.2, -0.15) is 0 Å². The van der Waals surface area contributed by atoms with Gasteiger partial charge in [-0.25, -0.2) is 4.39 Å². The van der Waals surface area contributed by atoms with E-state index in [4.69, 9.17) is 5.73 Å². The molecule has 0 aromatic heterocycles. The fourth-order valence-electron chi connectivity index (χ4n) is 3.52. The lowest BCUT2D eigenvalue weighted by molar-refractivity contribution is 0.0930. The SMILES string of the molecule is Nc1cccc(CN2CCN(C3CCCC3)CC2)c1F. The molecule has 0 atom stereocenters. The van der Waals surface area contributed by atoms with Crippen LogP contribution in [0.25, 0.3) is 0 Å². The fourth-order valence-corrected chi connectivity index (χ4v) is 3.52. The normalized spacial score (nSPS) is 22.4. The van der Waals surface area contributed by atoms with Crippen molar-refractivity contribution in [1.82, 2.24) is 9.80 Å². The summed E-state index contributed by atoms with van der Waals surface area (Å²) in [6.45, 7) is 4.98. The van der Waals surface area contributed by atoms with Crippen molar-refractivity contribution in [3.63, 3.8) is 0 Å². The number of nitrogens with two attached hydrogens (primary N) is 1. The molecule has 3 nitrogen and oxygen atoms in total. The summed E-state index contributed by atoms with van der Waals surface area (Å²) in [5, 5.41) is 0. The highest BCUT2D eigenvalue weighted by Gasteiger charge is 2.26. The van der Waals surface area contributed by atoms with E-state index in [1.807, 2.05) is 12.1 Å². The van der Waals surface area contributed by atoms with Gasteiger partial charge in [0.25, 0.3) is 0 Å². The summed E-state index contributed by atoms with van der Waals surface area (Å²) in [6.07, 6.45) is 5.51. The molecule has 110 valence electrons. The van der Waals surface area contributed by atoms with Gasteiger partial charge in [-0.15, -0.1) is 0 Å². The molecule has 1 saturated carbocycles. The molecule has 1 aromatic carbocycles. The first-order valence-corrected chi connectivity index (χ1v) is 7.73. The average molecular weight is 277 g/mol. The van der Waals surface area contributed by atoms with Gasteiger partial charge in [0.15, 0.2) is 5.82 Å². The largest absolute Gasteiger partial charge is 0.396 e. The molecule has 1 saturated heterocycles. The van der Waals surface area contributed by atoms with Crippen molar-refractivity contribution in [3.8, 4) is 0 Å². The van der Waals surface area contributed by atoms with Crippen molar-refractivity contribution < 1.29 is 4.39 Å². The predicted molar refractivity (Wildman–Crippen MR) is 79.9 cm³/mol. The zero-order valence-corrected chi connectivity index (χ0v) is 12.0. The molecule has 1 aliphatic carbocycles. The Morgan fingerprint density at radius 3 is 2.50 bits per heavy atom. The summed E-state index contributed by atoms with van der Waals surface area (Å²) >= 11 is 0. The van der Waals surface area contributed by atoms with E-state index < -0.39 is 0 Å². The van der Waals surface area contributed by atoms with E-state index in [9.17, 15) is 4.39 Å². The molecule has 2 fully saturated rings. The lowest BCUT2D eigenvalue weighted by Gasteiger charge is -2.38. The van der Waals surface area contributed by atoms with Crippen LogP contribution in [0, 0.1) is 5.82 Å². The van der Waals surface area contributed by atoms with Crippen LogP contribution in [0.2, 0.25) is 0 Å². The molecule has 0 amide bonds. The van der Waals surface area contributed by atoms with E-state index in [1.165, 1.54) is 25.7 Å². The Hall–Kier alpha value is -1.13. The molecule has 0 bridgehead atoms. The van der Waals surface area contributed by atoms with E-state index >= 15 is 0 Å². The first kappa shape index (κ1) is 13.8. The number of nitrogens with zero attached hydrogens (tertiary/aromatic N) is 2. The van der Waals surface area contributed by atoms with Crippen LogP contribution in [0.4, 0.5) is 10.1 Å². The highest BCUT2D eigenvalue weighted by Crippen LogP contribution is 2.25. The van der Waals surface area contributed by atoms with Crippen LogP contribution in [0.15, 0.2) is 18.2 Å². The van der Waals surface area contributed by atoms with Crippen LogP contribution in [-0.4, -0.2) is 42.0 Å². The van der Waals surface area contributed by atoms with Crippen LogP contribution in [-0.2, 0) is 6.54 Å². The average Bonchev–Trinajstić information content (AvgIpc) is 2.99. The highest BCUT2D eigenvalue weighted by molar-refractivity contribution is 5.42. The molecule has 2 N–H and O–H groups in total. The summed E-state index contributed by atoms with van der Waals surface area (Å²) in [7, 11) is 0. The Balaban J connectivity index is 1.54. The van der Waals surface area contributed by atoms with Crippen molar-refractivity contribution in [2.75, 3.05) is 31.9 Å². The topological polar surface area (TPSA) is 32.5 Å². The van der Waals surface area contributed by atoms with Gasteiger partial charge < -0.3 is 5.73 Å². The third-order valence-corrected chi connectivity index (χ3v) is 4.75. The number of halogens is 1. The lowest BCUT2D eigenvalue weighted by Crippen LogP contribution is -2.49. The first-order valence-electron chi connectivity index (χ1n) is 7.73. The molecular formula is C16H24FN3. The van der Waals surface area contributed by atoms with Crippen LogP contribution < -0.4 is 5.73 Å². The minimum atomic E-state index is -0.245. The van der Waals surface area contributed by atoms with Crippen molar-refractivity contribution in [1.29, 1.82) is 0 Å². The number of rotatable bonds is 3. The van der Waals surface area contributed by atoms with E-state index in [-0.39, 0.29) is 11.5 Å². The monoisotopic (exact) mass is 277 g/mol. The van der Waals surface area contributed by atoms with Crippen LogP contribution in [0.3, 0.4) is 0 Å². The van der Waals surface area contributed by atoms with E-state index in [0.717, 1.165) is 37.8 Å². The number of hydrogen-bond donors (Lipinski definition) is 1. The standard InChI is InChI=1S/C16H24FN3/c17-16-13(4-3-7-15(16)18)12-19-8-10-20(11-9-19)14-5-1-2-6-14/h3-4,7,14H,1-2,5-6,8-12,18H2. The summed E-state index contributed by atoms with van der Waals surface area (Å²) in [6, 6.07) is 6.11. The van der Waals surface area contributed by atoms with Crippen molar-refractivity contribution in [3.05, 3.63) is 29.6 Å². The van der Waals surface area contributed by atoms with Crippen LogP contribution in [0.1, 0.15) is 31.2 Å². The van der Waals surface area contributed by atoms with Gasteiger partial charge >= 0.3 is 0 Å². The molecule has 1 aliphatic heterocycles. The van der Waals surface area contributed by atoms with Crippen molar-refractivity contribution >= 4 is 5.69 Å². The minimum absolute atomic E-state index is 0.245. The number of hydrogen-bond acceptors (Lipinski definition) is 3. The third-order valence-electron chi connectivity index (χ3n) is 4.75. The Morgan fingerprint density at radius 2 is 1.80 bits per heavy atom. The molecule has 1 aromatic rings. The van der Waals surface area contributed by atoms with E-state index in [1.54, 1.807) is 6.07 Å². The maximum atomic E-state index is 13.9. The zero-order valence-electron chi connectivity index (χ0n) is 12.0. The highest BCUT2D eigenvalue weighted by atomic mass is 19.1. The van der Waals surface area contributed by atoms with Gasteiger partial charge in [0.1, 0.15) is 0 Å². The number of nitrogen functional groups attached to an aromatic ring is 1. The third kappa shape index (κ3) is 2.96. The summed E-state index contributed by atoms with van der Waals surface area (Å²) in [4.78, 5) is 4.96. The molecule has 4 heteroatoms. The second-order valence-corrected chi connectivity index (χ2v) is 6.07. The van der Waals surface area contributed by atoms with Gasteiger partial charge in [0.05, 0.1) is 5.69 Å². The summed E-state index contributed by atoms with van der Waals surface area (Å²) in [5.74, 6) is -0.245. The Labute approximate surface area is 120 Å². The zero-order chi connectivity index (χ0) is 13.9. The minimum Gasteiger partial charge on any atom is -0.396 e. The molecule has 2 aliphatic rings. The fraction of sp³-hybridized carbons (Fsp3) is 0.625. The number of piperazine rings is 1. The van der Waals surface area contributed by atoms with Gasteiger partial charge in [-0.05, 0) is 18.9 Å². The quantitative estimate of drug-likeness (QED) is 0.862. The maximum absolute atomic E-state index is 13.9. The van der Waals surface area contributed by atoms with Gasteiger partial charge in [0, 0.05) is 44.3 Å². The van der Waals surface area contributed by atoms with E-state index in [2.05, 4.69) is 9.80 Å². The smallest absolute Gasteiger partial charge is 0.150 e. The Bertz CT molecular complexity index is 449. The second kappa shape index (κ2) is 6.10. The molecule has 1 heterocycles. The maximum Gasteiger partial charge on any atom is 0.150 e. The van der Waals surface area contributed by atoms with E-state index in [0.29, 0.717) is 6.54 Å². The molecule has 0 radical (unpaired) electrons. The molecule has 0 unspecified atom stereocenters.